The van der Waals surface area contributed by atoms with E-state index in [1.807, 2.05) is 23.1 Å². The van der Waals surface area contributed by atoms with Gasteiger partial charge in [0.15, 0.2) is 0 Å². The fourth-order valence-electron chi connectivity index (χ4n) is 4.12. The van der Waals surface area contributed by atoms with Gasteiger partial charge in [0, 0.05) is 18.7 Å². The zero-order chi connectivity index (χ0) is 19.3. The summed E-state index contributed by atoms with van der Waals surface area (Å²) in [6, 6.07) is 16.3. The van der Waals surface area contributed by atoms with Crippen molar-refractivity contribution in [1.82, 2.24) is 9.80 Å². The van der Waals surface area contributed by atoms with Crippen molar-refractivity contribution < 1.29 is 14.3 Å². The highest BCUT2D eigenvalue weighted by atomic mass is 16.6. The molecule has 5 nitrogen and oxygen atoms in total. The molecule has 1 amide bonds. The molecule has 0 radical (unpaired) electrons. The molecule has 148 valence electrons. The molecule has 0 unspecified atom stereocenters. The van der Waals surface area contributed by atoms with Crippen molar-refractivity contribution in [2.75, 3.05) is 26.7 Å². The Kier molecular flexibility index (Phi) is 5.81. The molecule has 0 N–H and O–H groups in total. The van der Waals surface area contributed by atoms with Crippen LogP contribution in [0.1, 0.15) is 30.4 Å². The van der Waals surface area contributed by atoms with Crippen LogP contribution in [0.4, 0.5) is 4.79 Å². The second kappa shape index (κ2) is 8.65. The summed E-state index contributed by atoms with van der Waals surface area (Å²) in [5.41, 5.74) is 2.39. The first-order valence-electron chi connectivity index (χ1n) is 10.1. The van der Waals surface area contributed by atoms with Gasteiger partial charge in [-0.05, 0) is 62.0 Å². The lowest BCUT2D eigenvalue weighted by molar-refractivity contribution is 0.125. The number of carbonyl (C=O) groups is 1. The molecule has 0 aromatic heterocycles. The van der Waals surface area contributed by atoms with Gasteiger partial charge in [0.25, 0.3) is 0 Å². The summed E-state index contributed by atoms with van der Waals surface area (Å²) in [4.78, 5) is 16.7. The summed E-state index contributed by atoms with van der Waals surface area (Å²) in [5, 5.41) is 0. The average Bonchev–Trinajstić information content (AvgIpc) is 2.74. The largest absolute Gasteiger partial charge is 0.497 e. The van der Waals surface area contributed by atoms with E-state index in [0.717, 1.165) is 43.9 Å². The number of likely N-dealkylation sites (tertiary alicyclic amines) is 1. The van der Waals surface area contributed by atoms with Gasteiger partial charge < -0.3 is 14.4 Å². The summed E-state index contributed by atoms with van der Waals surface area (Å²) in [5.74, 6) is 2.12. The second-order valence-corrected chi connectivity index (χ2v) is 7.76. The molecule has 4 rings (SSSR count). The smallest absolute Gasteiger partial charge is 0.415 e. The van der Waals surface area contributed by atoms with Crippen LogP contribution in [0, 0.1) is 5.92 Å². The van der Waals surface area contributed by atoms with Crippen LogP contribution in [0.15, 0.2) is 48.5 Å². The van der Waals surface area contributed by atoms with Gasteiger partial charge in [-0.25, -0.2) is 4.79 Å². The van der Waals surface area contributed by atoms with Crippen LogP contribution in [0.3, 0.4) is 0 Å². The maximum absolute atomic E-state index is 12.3. The van der Waals surface area contributed by atoms with Crippen LogP contribution in [0.25, 0.3) is 0 Å². The first-order chi connectivity index (χ1) is 13.7. The second-order valence-electron chi connectivity index (χ2n) is 7.76. The molecule has 5 heteroatoms. The molecule has 28 heavy (non-hydrogen) atoms. The number of ether oxygens (including phenoxy) is 2. The van der Waals surface area contributed by atoms with Gasteiger partial charge in [0.1, 0.15) is 11.5 Å². The first kappa shape index (κ1) is 18.8. The minimum Gasteiger partial charge on any atom is -0.497 e. The topological polar surface area (TPSA) is 42.0 Å². The van der Waals surface area contributed by atoms with E-state index in [0.29, 0.717) is 18.2 Å². The number of fused-ring (bicyclic) bond motifs is 1. The minimum atomic E-state index is -0.237. The molecule has 2 aliphatic heterocycles. The Morgan fingerprint density at radius 2 is 1.89 bits per heavy atom. The van der Waals surface area contributed by atoms with Gasteiger partial charge in [0.2, 0.25) is 0 Å². The third kappa shape index (κ3) is 4.47. The molecule has 2 heterocycles. The lowest BCUT2D eigenvalue weighted by atomic mass is 9.93. The number of rotatable bonds is 6. The third-order valence-electron chi connectivity index (χ3n) is 5.85. The summed E-state index contributed by atoms with van der Waals surface area (Å²) < 4.78 is 10.8. The van der Waals surface area contributed by atoms with Crippen molar-refractivity contribution >= 4 is 6.09 Å². The number of nitrogens with zero attached hydrogens (tertiary/aromatic N) is 2. The number of hydrogen-bond donors (Lipinski definition) is 0. The van der Waals surface area contributed by atoms with E-state index in [1.165, 1.54) is 18.4 Å². The van der Waals surface area contributed by atoms with E-state index in [-0.39, 0.29) is 6.09 Å². The van der Waals surface area contributed by atoms with E-state index in [1.54, 1.807) is 7.11 Å². The molecular weight excluding hydrogens is 352 g/mol. The fraction of sp³-hybridized carbons (Fsp3) is 0.435. The van der Waals surface area contributed by atoms with E-state index in [9.17, 15) is 4.79 Å². The molecule has 0 atom stereocenters. The lowest BCUT2D eigenvalue weighted by Crippen LogP contribution is -2.39. The minimum absolute atomic E-state index is 0.237. The van der Waals surface area contributed by atoms with E-state index in [4.69, 9.17) is 9.47 Å². The van der Waals surface area contributed by atoms with Crippen molar-refractivity contribution in [2.24, 2.45) is 5.92 Å². The standard InChI is InChI=1S/C23H28N2O3/c1-27-21-7-8-22-20(15-21)17-25(23(26)28-22)14-11-18-9-12-24(13-10-18)16-19-5-3-2-4-6-19/h2-8,15,18H,9-14,16-17H2,1H3. The molecule has 0 saturated carbocycles. The van der Waals surface area contributed by atoms with Crippen LogP contribution in [0.2, 0.25) is 0 Å². The Hall–Kier alpha value is -2.53. The number of benzene rings is 2. The number of methoxy groups -OCH3 is 1. The Bertz CT molecular complexity index is 801. The third-order valence-corrected chi connectivity index (χ3v) is 5.85. The predicted molar refractivity (Wildman–Crippen MR) is 108 cm³/mol. The van der Waals surface area contributed by atoms with Crippen LogP contribution >= 0.6 is 0 Å². The van der Waals surface area contributed by atoms with E-state index in [2.05, 4.69) is 35.2 Å². The average molecular weight is 380 g/mol. The van der Waals surface area contributed by atoms with Crippen molar-refractivity contribution in [3.8, 4) is 11.5 Å². The number of carbonyl (C=O) groups excluding carboxylic acids is 1. The number of amides is 1. The molecule has 2 aromatic carbocycles. The monoisotopic (exact) mass is 380 g/mol. The highest BCUT2D eigenvalue weighted by Gasteiger charge is 2.27. The Labute approximate surface area is 166 Å². The van der Waals surface area contributed by atoms with Crippen LogP contribution < -0.4 is 9.47 Å². The van der Waals surface area contributed by atoms with Gasteiger partial charge in [0.05, 0.1) is 13.7 Å². The normalized spacial score (nSPS) is 17.9. The van der Waals surface area contributed by atoms with Gasteiger partial charge >= 0.3 is 6.09 Å². The van der Waals surface area contributed by atoms with E-state index < -0.39 is 0 Å². The molecule has 0 spiro atoms. The first-order valence-corrected chi connectivity index (χ1v) is 10.1. The number of piperidine rings is 1. The van der Waals surface area contributed by atoms with Crippen molar-refractivity contribution in [1.29, 1.82) is 0 Å². The Morgan fingerprint density at radius 1 is 1.11 bits per heavy atom. The Morgan fingerprint density at radius 3 is 2.64 bits per heavy atom. The Balaban J connectivity index is 1.25. The van der Waals surface area contributed by atoms with Crippen molar-refractivity contribution in [2.45, 2.75) is 32.4 Å². The molecule has 2 aliphatic rings. The highest BCUT2D eigenvalue weighted by Crippen LogP contribution is 2.30. The molecular formula is C23H28N2O3. The lowest BCUT2D eigenvalue weighted by Gasteiger charge is -2.34. The quantitative estimate of drug-likeness (QED) is 0.749. The molecule has 1 saturated heterocycles. The van der Waals surface area contributed by atoms with Gasteiger partial charge in [-0.3, -0.25) is 4.90 Å². The van der Waals surface area contributed by atoms with Crippen molar-refractivity contribution in [3.05, 3.63) is 59.7 Å². The van der Waals surface area contributed by atoms with Gasteiger partial charge in [-0.1, -0.05) is 30.3 Å². The van der Waals surface area contributed by atoms with Crippen LogP contribution in [0.5, 0.6) is 11.5 Å². The number of hydrogen-bond acceptors (Lipinski definition) is 4. The summed E-state index contributed by atoms with van der Waals surface area (Å²) in [6.07, 6.45) is 3.19. The van der Waals surface area contributed by atoms with Crippen LogP contribution in [-0.2, 0) is 13.1 Å². The maximum atomic E-state index is 12.3. The molecule has 0 bridgehead atoms. The summed E-state index contributed by atoms with van der Waals surface area (Å²) in [6.45, 7) is 4.63. The maximum Gasteiger partial charge on any atom is 0.415 e. The van der Waals surface area contributed by atoms with Crippen LogP contribution in [-0.4, -0.2) is 42.6 Å². The molecule has 0 aliphatic carbocycles. The van der Waals surface area contributed by atoms with Gasteiger partial charge in [-0.2, -0.15) is 0 Å². The molecule has 2 aromatic rings. The van der Waals surface area contributed by atoms with Gasteiger partial charge in [-0.15, -0.1) is 0 Å². The van der Waals surface area contributed by atoms with E-state index >= 15 is 0 Å². The summed E-state index contributed by atoms with van der Waals surface area (Å²) >= 11 is 0. The summed E-state index contributed by atoms with van der Waals surface area (Å²) in [7, 11) is 1.65. The van der Waals surface area contributed by atoms with Crippen molar-refractivity contribution in [3.63, 3.8) is 0 Å². The fourth-order valence-corrected chi connectivity index (χ4v) is 4.12. The molecule has 1 fully saturated rings. The SMILES string of the molecule is COc1ccc2c(c1)CN(CCC1CCN(Cc3ccccc3)CC1)C(=O)O2. The zero-order valence-corrected chi connectivity index (χ0v) is 16.5. The zero-order valence-electron chi connectivity index (χ0n) is 16.5. The highest BCUT2D eigenvalue weighted by molar-refractivity contribution is 5.73. The predicted octanol–water partition coefficient (Wildman–Crippen LogP) is 4.31.